The molecule has 22 aromatic rings. The van der Waals surface area contributed by atoms with Crippen molar-refractivity contribution in [3.8, 4) is 173 Å². The Morgan fingerprint density at radius 1 is 0.221 bits per heavy atom. The van der Waals surface area contributed by atoms with E-state index in [9.17, 15) is 52.6 Å². The van der Waals surface area contributed by atoms with Gasteiger partial charge in [0.2, 0.25) is 0 Å². The molecule has 0 saturated carbocycles. The Labute approximate surface area is 775 Å². The zero-order valence-electron chi connectivity index (χ0n) is 72.3. The highest BCUT2D eigenvalue weighted by molar-refractivity contribution is 6.16. The molecule has 0 N–H and O–H groups in total. The maximum Gasteiger partial charge on any atom is 0.163 e. The molecule has 0 spiro atoms. The number of nitrogens with zero attached hydrogens (tertiary/aromatic N) is 22. The molecule has 22 heteroatoms. The van der Waals surface area contributed by atoms with Gasteiger partial charge in [-0.05, 0) is 270 Å². The van der Waals surface area contributed by atoms with Crippen LogP contribution in [-0.2, 0) is 6.42 Å². The van der Waals surface area contributed by atoms with Crippen LogP contribution >= 0.6 is 0 Å². The van der Waals surface area contributed by atoms with Crippen molar-refractivity contribution >= 4 is 87.2 Å². The van der Waals surface area contributed by atoms with Crippen LogP contribution < -0.4 is 0 Å². The number of aryl methyl sites for hydroxylation is 3. The van der Waals surface area contributed by atoms with Gasteiger partial charge in [-0.3, -0.25) is 9.97 Å². The summed E-state index contributed by atoms with van der Waals surface area (Å²) in [6.07, 6.45) is 6.76. The van der Waals surface area contributed by atoms with E-state index in [-0.39, 0.29) is 28.7 Å². The number of hydrogen-bond donors (Lipinski definition) is 0. The van der Waals surface area contributed by atoms with Crippen LogP contribution in [0.5, 0.6) is 0 Å². The Bertz CT molecular complexity index is 9280. The molecule has 0 amide bonds. The Morgan fingerprint density at radius 2 is 0.544 bits per heavy atom. The summed E-state index contributed by atoms with van der Waals surface area (Å²) < 4.78 is 8.71. The van der Waals surface area contributed by atoms with Gasteiger partial charge < -0.3 is 18.3 Å². The molecule has 626 valence electrons. The molecule has 22 nitrogen and oxygen atoms in total. The standard InChI is InChI=1S/C114H60N22/c1-64-127-65(2)130-113(129-64)80-12-18-91-89-9-5-7-11-101(89)136(107(91)47-80)111-52-93(75-26-30-126-31-27-75)87(63-124)50-109(111)135-100-10-6-4-8-88(100)90-19-13-81(48-106(90)135)114-131-66(3)128-112(132-114)53-95-85(61-122)41-73(60-121)42-94(95)79-17-23-105-99(46-79)98-45-78(84-39-71(58-119)34-72(40-84)59-120)16-22-104(98)134(105)110-51-92(74-24-28-125-29-25-74)86(62-123)49-108(110)133-102-20-14-76(82-35-67(54-115)32-68(36-82)55-116)43-96(102)97-44-77(15-21-103(97)133)83-37-69(56-117)33-70(38-83)57-118/h4-52H,53H2,1-3H3. The van der Waals surface area contributed by atoms with Gasteiger partial charge in [0.25, 0.3) is 0 Å². The molecule has 0 unspecified atom stereocenters. The van der Waals surface area contributed by atoms with Crippen molar-refractivity contribution in [2.24, 2.45) is 0 Å². The minimum absolute atomic E-state index is 0.0191. The van der Waals surface area contributed by atoms with E-state index in [1.54, 1.807) is 80.2 Å². The molecule has 8 aromatic heterocycles. The Kier molecular flexibility index (Phi) is 19.5. The highest BCUT2D eigenvalue weighted by Gasteiger charge is 2.29. The summed E-state index contributed by atoms with van der Waals surface area (Å²) in [7, 11) is 0. The SMILES string of the molecule is Cc1nc(C)nc(-c2ccc3c4ccccc4n(-c4cc(-c5ccncc5)c(C#N)cc4-n4c5ccccc5c5ccc(-c6nc(C)nc(Cc7c(C#N)cc(C#N)cc7-c7ccc8c(c7)c7cc(-c9cc(C#N)cc(C#N)c9)ccc7n8-c7cc(-c8ccncc8)c(C#N)cc7-n7c8ccc(-c9cc(C#N)cc(C#N)c9)cc8c8cc(-c9cc(C#N)cc(C#N)c9)ccc87)n6)cc54)c3c2)n1. The van der Waals surface area contributed by atoms with Crippen molar-refractivity contribution in [3.63, 3.8) is 0 Å². The van der Waals surface area contributed by atoms with Gasteiger partial charge in [-0.15, -0.1) is 0 Å². The largest absolute Gasteiger partial charge is 0.307 e. The number of aromatic nitrogens is 12. The second kappa shape index (κ2) is 32.7. The summed E-state index contributed by atoms with van der Waals surface area (Å²) in [6.45, 7) is 5.51. The lowest BCUT2D eigenvalue weighted by Gasteiger charge is -2.20. The van der Waals surface area contributed by atoms with E-state index < -0.39 is 0 Å². The summed E-state index contributed by atoms with van der Waals surface area (Å²) >= 11 is 0. The van der Waals surface area contributed by atoms with Gasteiger partial charge in [0, 0.05) is 96.6 Å². The lowest BCUT2D eigenvalue weighted by molar-refractivity contribution is 0.886. The van der Waals surface area contributed by atoms with Crippen molar-refractivity contribution in [3.05, 3.63) is 382 Å². The molecular formula is C114H60N22. The van der Waals surface area contributed by atoms with Crippen molar-refractivity contribution in [2.45, 2.75) is 27.2 Å². The first-order valence-corrected chi connectivity index (χ1v) is 43.1. The number of rotatable bonds is 14. The fourth-order valence-corrected chi connectivity index (χ4v) is 19.3. The van der Waals surface area contributed by atoms with E-state index >= 15 is 0 Å². The predicted molar refractivity (Wildman–Crippen MR) is 520 cm³/mol. The molecule has 8 heterocycles. The highest BCUT2D eigenvalue weighted by atomic mass is 15.1. The third kappa shape index (κ3) is 13.7. The van der Waals surface area contributed by atoms with Crippen LogP contribution in [0.25, 0.3) is 200 Å². The molecule has 0 bridgehead atoms. The Hall–Kier alpha value is -20.5. The predicted octanol–water partition coefficient (Wildman–Crippen LogP) is 23.8. The zero-order chi connectivity index (χ0) is 92.8. The molecule has 0 atom stereocenters. The number of para-hydroxylation sites is 2. The van der Waals surface area contributed by atoms with Gasteiger partial charge in [-0.25, -0.2) is 29.9 Å². The van der Waals surface area contributed by atoms with Crippen molar-refractivity contribution in [1.29, 1.82) is 52.6 Å². The first-order chi connectivity index (χ1) is 66.6. The topological polar surface area (TPSA) is 361 Å². The summed E-state index contributed by atoms with van der Waals surface area (Å²) in [6, 6.07) is 110. The van der Waals surface area contributed by atoms with E-state index in [0.717, 1.165) is 71.2 Å². The van der Waals surface area contributed by atoms with Gasteiger partial charge in [0.05, 0.1) is 183 Å². The van der Waals surface area contributed by atoms with Gasteiger partial charge in [0.15, 0.2) is 11.6 Å². The molecule has 0 radical (unpaired) electrons. The number of benzene rings is 14. The number of fused-ring (bicyclic) bond motifs is 12. The first-order valence-electron chi connectivity index (χ1n) is 43.1. The number of pyridine rings is 2. The molecule has 0 aliphatic carbocycles. The lowest BCUT2D eigenvalue weighted by Crippen LogP contribution is -2.07. The summed E-state index contributed by atoms with van der Waals surface area (Å²) in [5.41, 5.74) is 21.5. The van der Waals surface area contributed by atoms with Crippen LogP contribution in [0, 0.1) is 134 Å². The second-order valence-corrected chi connectivity index (χ2v) is 33.1. The first kappa shape index (κ1) is 81.3. The van der Waals surface area contributed by atoms with Crippen LogP contribution in [0.2, 0.25) is 0 Å². The van der Waals surface area contributed by atoms with Crippen LogP contribution in [0.3, 0.4) is 0 Å². The van der Waals surface area contributed by atoms with Crippen LogP contribution in [0.4, 0.5) is 0 Å². The van der Waals surface area contributed by atoms with E-state index in [4.69, 9.17) is 24.9 Å². The monoisotopic (exact) mass is 1740 g/mol. The molecule has 14 aromatic carbocycles. The van der Waals surface area contributed by atoms with Gasteiger partial charge in [-0.1, -0.05) is 84.9 Å². The molecular weight excluding hydrogens is 1680 g/mol. The molecule has 0 aliphatic heterocycles. The Balaban J connectivity index is 0.736. The fraction of sp³-hybridized carbons (Fsp3) is 0.0351. The maximum atomic E-state index is 11.6. The third-order valence-corrected chi connectivity index (χ3v) is 25.2. The van der Waals surface area contributed by atoms with E-state index in [0.29, 0.717) is 191 Å². The smallest absolute Gasteiger partial charge is 0.163 e. The average Bonchev–Trinajstić information content (AvgIpc) is 1.56. The summed E-state index contributed by atoms with van der Waals surface area (Å²) in [4.78, 5) is 38.3. The number of nitriles is 10. The molecule has 136 heavy (non-hydrogen) atoms. The second-order valence-electron chi connectivity index (χ2n) is 33.1. The van der Waals surface area contributed by atoms with Crippen LogP contribution in [0.15, 0.2) is 298 Å². The lowest BCUT2D eigenvalue weighted by atomic mass is 9.90. The molecule has 0 saturated heterocycles. The van der Waals surface area contributed by atoms with Crippen molar-refractivity contribution in [2.75, 3.05) is 0 Å². The summed E-state index contributed by atoms with van der Waals surface area (Å²) in [5, 5.41) is 114. The van der Waals surface area contributed by atoms with Crippen molar-refractivity contribution < 1.29 is 0 Å². The van der Waals surface area contributed by atoms with E-state index in [1.165, 1.54) is 18.2 Å². The molecule has 0 fully saturated rings. The van der Waals surface area contributed by atoms with Crippen LogP contribution in [0.1, 0.15) is 84.5 Å². The maximum absolute atomic E-state index is 11.6. The van der Waals surface area contributed by atoms with E-state index in [2.05, 4.69) is 149 Å². The van der Waals surface area contributed by atoms with Gasteiger partial charge in [-0.2, -0.15) is 52.6 Å². The van der Waals surface area contributed by atoms with Gasteiger partial charge >= 0.3 is 0 Å². The van der Waals surface area contributed by atoms with Crippen molar-refractivity contribution in [1.82, 2.24) is 58.1 Å². The molecule has 22 rings (SSSR count). The number of hydrogen-bond acceptors (Lipinski definition) is 18. The van der Waals surface area contributed by atoms with E-state index in [1.807, 2.05) is 166 Å². The highest BCUT2D eigenvalue weighted by Crippen LogP contribution is 2.48. The van der Waals surface area contributed by atoms with Gasteiger partial charge in [0.1, 0.15) is 23.3 Å². The normalized spacial score (nSPS) is 11.2. The average molecular weight is 1740 g/mol. The minimum atomic E-state index is -0.0191. The summed E-state index contributed by atoms with van der Waals surface area (Å²) in [5.74, 6) is 2.78. The molecule has 0 aliphatic rings. The zero-order valence-corrected chi connectivity index (χ0v) is 72.3. The quantitative estimate of drug-likeness (QED) is 0.0975. The minimum Gasteiger partial charge on any atom is -0.307 e. The fourth-order valence-electron chi connectivity index (χ4n) is 19.3. The third-order valence-electron chi connectivity index (χ3n) is 25.2. The van der Waals surface area contributed by atoms with Crippen LogP contribution in [-0.4, -0.2) is 58.1 Å². The Morgan fingerprint density at radius 3 is 0.934 bits per heavy atom.